The van der Waals surface area contributed by atoms with Gasteiger partial charge in [0.2, 0.25) is 0 Å². The van der Waals surface area contributed by atoms with Gasteiger partial charge in [0.05, 0.1) is 0 Å². The fourth-order valence-corrected chi connectivity index (χ4v) is 0. The van der Waals surface area contributed by atoms with Gasteiger partial charge in [-0.25, -0.2) is 0 Å². The molecule has 0 aromatic rings. The molecule has 0 saturated heterocycles. The molecule has 4 N–H and O–H groups in total. The van der Waals surface area contributed by atoms with E-state index in [0.29, 0.717) is 0 Å². The molecule has 0 heterocycles. The molecule has 5 heteroatoms. The summed E-state index contributed by atoms with van der Waals surface area (Å²) >= 11 is 0. The van der Waals surface area contributed by atoms with Gasteiger partial charge in [-0.3, -0.25) is 0 Å². The van der Waals surface area contributed by atoms with E-state index in [1.807, 2.05) is 0 Å². The molecular weight excluding hydrogens is 251 g/mol. The van der Waals surface area contributed by atoms with E-state index in [9.17, 15) is 0 Å². The van der Waals surface area contributed by atoms with Crippen LogP contribution in [0.3, 0.4) is 0 Å². The summed E-state index contributed by atoms with van der Waals surface area (Å²) in [6.45, 7) is 1.39. The van der Waals surface area contributed by atoms with Crippen molar-refractivity contribution in [2.75, 3.05) is 0 Å². The molecule has 0 aromatic heterocycles. The van der Waals surface area contributed by atoms with Crippen molar-refractivity contribution < 1.29 is 26.1 Å². The molecule has 0 radical (unpaired) electrons. The first-order valence-corrected chi connectivity index (χ1v) is 1.12. The maximum absolute atomic E-state index is 7.72. The maximum Gasteiger partial charge on any atom is 2.00 e. The van der Waals surface area contributed by atoms with Gasteiger partial charge in [0.15, 0.2) is 7.05 Å². The van der Waals surface area contributed by atoms with Crippen molar-refractivity contribution in [2.45, 2.75) is 6.82 Å². The van der Waals surface area contributed by atoms with Gasteiger partial charge in [0.25, 0.3) is 0 Å². The zero-order chi connectivity index (χ0) is 3.58. The predicted molar refractivity (Wildman–Crippen MR) is 23.4 cm³/mol. The summed E-state index contributed by atoms with van der Waals surface area (Å²) < 4.78 is 0. The summed E-state index contributed by atoms with van der Waals surface area (Å²) in [5, 5.41) is 7.72. The number of rotatable bonds is 0. The van der Waals surface area contributed by atoms with Crippen LogP contribution in [0.5, 0.6) is 0 Å². The van der Waals surface area contributed by atoms with Crippen molar-refractivity contribution in [1.29, 1.82) is 0 Å². The normalized spacial score (nSPS) is 4.50. The Balaban J connectivity index is -0.0000000450. The molecule has 6 heavy (non-hydrogen) atoms. The first-order valence-electron chi connectivity index (χ1n) is 1.12. The number of nitrogens with one attached hydrogen (secondary N) is 1. The maximum atomic E-state index is 7.72. The third-order valence-corrected chi connectivity index (χ3v) is 0. The minimum atomic E-state index is -0.917. The largest absolute Gasteiger partial charge is 2.00 e. The second-order valence-electron chi connectivity index (χ2n) is 0.676. The van der Waals surface area contributed by atoms with E-state index in [0.717, 1.165) is 0 Å². The molecule has 3 nitrogen and oxygen atoms in total. The summed E-state index contributed by atoms with van der Waals surface area (Å²) in [5.74, 6) is 0. The minimum Gasteiger partial charge on any atom is -0.693 e. The fraction of sp³-hybridized carbons (Fsp3) is 1.00. The molecule has 36 valence electrons. The van der Waals surface area contributed by atoms with Crippen molar-refractivity contribution in [3.8, 4) is 0 Å². The molecule has 0 aliphatic carbocycles. The summed E-state index contributed by atoms with van der Waals surface area (Å²) in [7, 11) is -0.917. The van der Waals surface area contributed by atoms with Gasteiger partial charge in [-0.05, 0) is 0 Å². The van der Waals surface area contributed by atoms with Crippen LogP contribution in [-0.2, 0) is 21.1 Å². The summed E-state index contributed by atoms with van der Waals surface area (Å²) in [4.78, 5) is 0. The van der Waals surface area contributed by atoms with E-state index >= 15 is 0 Å². The van der Waals surface area contributed by atoms with Gasteiger partial charge >= 0.3 is 21.1 Å². The zero-order valence-electron chi connectivity index (χ0n) is 3.51. The van der Waals surface area contributed by atoms with Crippen molar-refractivity contribution in [1.82, 2.24) is 0 Å². The Kier molecular flexibility index (Phi) is 24.3. The summed E-state index contributed by atoms with van der Waals surface area (Å²) in [6.07, 6.45) is 0. The standard InChI is InChI=1S/CH5BNO.H2N.W/c1-2(3)4;;/h3-4H,1H3;1H2;/q2*-1;+2. The van der Waals surface area contributed by atoms with Crippen molar-refractivity contribution >= 4 is 7.05 Å². The van der Waals surface area contributed by atoms with Crippen LogP contribution in [0.2, 0.25) is 6.82 Å². The van der Waals surface area contributed by atoms with Crippen LogP contribution in [0.1, 0.15) is 0 Å². The third kappa shape index (κ3) is 153. The average Bonchev–Trinajstić information content (AvgIpc) is 0.811. The van der Waals surface area contributed by atoms with E-state index < -0.39 is 7.05 Å². The summed E-state index contributed by atoms with van der Waals surface area (Å²) in [6, 6.07) is 0. The second-order valence-corrected chi connectivity index (χ2v) is 0.676. The van der Waals surface area contributed by atoms with Crippen LogP contribution in [0.25, 0.3) is 11.8 Å². The molecule has 0 spiro atoms. The van der Waals surface area contributed by atoms with Crippen molar-refractivity contribution in [3.05, 3.63) is 11.8 Å². The quantitative estimate of drug-likeness (QED) is 0.642. The van der Waals surface area contributed by atoms with Gasteiger partial charge in [-0.1, -0.05) is 6.82 Å². The molecule has 0 saturated carbocycles. The third-order valence-electron chi connectivity index (χ3n) is 0. The Bertz CT molecular complexity index is 18.3. The molecule has 0 rings (SSSR count). The van der Waals surface area contributed by atoms with E-state index in [1.165, 1.54) is 6.82 Å². The van der Waals surface area contributed by atoms with Crippen LogP contribution in [0.4, 0.5) is 0 Å². The van der Waals surface area contributed by atoms with Crippen LogP contribution < -0.4 is 0 Å². The second kappa shape index (κ2) is 9.16. The molecule has 0 aliphatic heterocycles. The van der Waals surface area contributed by atoms with Crippen LogP contribution in [0, 0.1) is 0 Å². The van der Waals surface area contributed by atoms with E-state index in [-0.39, 0.29) is 27.2 Å². The van der Waals surface area contributed by atoms with Gasteiger partial charge < -0.3 is 16.8 Å². The molecule has 0 atom stereocenters. The topological polar surface area (TPSA) is 77.5 Å². The average molecular weight is 258 g/mol. The molecule has 0 aliphatic rings. The Morgan fingerprint density at radius 1 is 1.67 bits per heavy atom. The first-order chi connectivity index (χ1) is 1.73. The Hall–Kier alpha value is 0.633. The number of hydrogen-bond acceptors (Lipinski definition) is 1. The van der Waals surface area contributed by atoms with Crippen LogP contribution in [0.15, 0.2) is 0 Å². The van der Waals surface area contributed by atoms with Gasteiger partial charge in [-0.2, -0.15) is 0 Å². The summed E-state index contributed by atoms with van der Waals surface area (Å²) in [5.41, 5.74) is 6.14. The number of nitrogens with two attached hydrogens (primary N) is 1. The Morgan fingerprint density at radius 3 is 1.67 bits per heavy atom. The van der Waals surface area contributed by atoms with Gasteiger partial charge in [-0.15, -0.1) is 0 Å². The minimum absolute atomic E-state index is 0. The van der Waals surface area contributed by atoms with Crippen LogP contribution in [-0.4, -0.2) is 12.1 Å². The fourth-order valence-electron chi connectivity index (χ4n) is 0. The first kappa shape index (κ1) is 15.9. The van der Waals surface area contributed by atoms with Crippen LogP contribution >= 0.6 is 0 Å². The van der Waals surface area contributed by atoms with Crippen molar-refractivity contribution in [2.24, 2.45) is 0 Å². The molecule has 0 fully saturated rings. The monoisotopic (exact) mass is 258 g/mol. The zero-order valence-corrected chi connectivity index (χ0v) is 6.44. The molecule has 0 unspecified atom stereocenters. The molecule has 0 bridgehead atoms. The van der Waals surface area contributed by atoms with Crippen molar-refractivity contribution in [3.63, 3.8) is 0 Å². The van der Waals surface area contributed by atoms with E-state index in [1.54, 1.807) is 0 Å². The number of hydrogen-bond donors (Lipinski definition) is 1. The predicted octanol–water partition coefficient (Wildman–Crippen LogP) is 0.863. The molecular formula is CH7BN2OW. The van der Waals surface area contributed by atoms with E-state index in [4.69, 9.17) is 10.7 Å². The Morgan fingerprint density at radius 2 is 1.67 bits per heavy atom. The van der Waals surface area contributed by atoms with Gasteiger partial charge in [0, 0.05) is 0 Å². The molecule has 0 amide bonds. The van der Waals surface area contributed by atoms with E-state index in [2.05, 4.69) is 0 Å². The Labute approximate surface area is 52.3 Å². The SMILES string of the molecule is CB([NH-])O.[NH2-].[W+2]. The van der Waals surface area contributed by atoms with Gasteiger partial charge in [0.1, 0.15) is 0 Å². The molecule has 0 aromatic carbocycles. The smallest absolute Gasteiger partial charge is 0.693 e.